The SMILES string of the molecule is Cc1cc(CN(c2cn[nH]c2)S(=O)(=O)c2cccc(C#N)c2)no1. The summed E-state index contributed by atoms with van der Waals surface area (Å²) in [5, 5.41) is 19.2. The summed E-state index contributed by atoms with van der Waals surface area (Å²) >= 11 is 0. The van der Waals surface area contributed by atoms with Crippen molar-refractivity contribution in [3.05, 3.63) is 59.7 Å². The van der Waals surface area contributed by atoms with Gasteiger partial charge in [-0.05, 0) is 25.1 Å². The molecule has 0 radical (unpaired) electrons. The molecule has 2 heterocycles. The first-order valence-electron chi connectivity index (χ1n) is 6.94. The molecule has 1 N–H and O–H groups in total. The van der Waals surface area contributed by atoms with Gasteiger partial charge in [-0.1, -0.05) is 11.2 Å². The van der Waals surface area contributed by atoms with E-state index < -0.39 is 10.0 Å². The van der Waals surface area contributed by atoms with Gasteiger partial charge in [-0.25, -0.2) is 8.42 Å². The summed E-state index contributed by atoms with van der Waals surface area (Å²) in [5.74, 6) is 0.584. The predicted molar refractivity (Wildman–Crippen MR) is 84.4 cm³/mol. The van der Waals surface area contributed by atoms with Crippen LogP contribution in [-0.2, 0) is 16.6 Å². The zero-order valence-corrected chi connectivity index (χ0v) is 13.5. The normalized spacial score (nSPS) is 11.2. The van der Waals surface area contributed by atoms with Crippen molar-refractivity contribution in [3.8, 4) is 6.07 Å². The average molecular weight is 343 g/mol. The van der Waals surface area contributed by atoms with E-state index >= 15 is 0 Å². The van der Waals surface area contributed by atoms with E-state index in [0.717, 1.165) is 4.31 Å². The molecule has 122 valence electrons. The van der Waals surface area contributed by atoms with E-state index in [1.54, 1.807) is 19.1 Å². The van der Waals surface area contributed by atoms with Gasteiger partial charge in [-0.3, -0.25) is 9.40 Å². The number of aromatic nitrogens is 3. The summed E-state index contributed by atoms with van der Waals surface area (Å²) in [6, 6.07) is 9.44. The van der Waals surface area contributed by atoms with E-state index in [0.29, 0.717) is 17.1 Å². The van der Waals surface area contributed by atoms with Gasteiger partial charge in [0.2, 0.25) is 0 Å². The molecule has 3 aromatic rings. The van der Waals surface area contributed by atoms with E-state index in [2.05, 4.69) is 15.4 Å². The third kappa shape index (κ3) is 3.00. The molecule has 0 saturated heterocycles. The number of rotatable bonds is 5. The van der Waals surface area contributed by atoms with Crippen LogP contribution in [0.5, 0.6) is 0 Å². The third-order valence-corrected chi connectivity index (χ3v) is 5.08. The lowest BCUT2D eigenvalue weighted by atomic mass is 10.2. The lowest BCUT2D eigenvalue weighted by Gasteiger charge is -2.21. The van der Waals surface area contributed by atoms with E-state index in [9.17, 15) is 8.42 Å². The third-order valence-electron chi connectivity index (χ3n) is 3.31. The molecular weight excluding hydrogens is 330 g/mol. The summed E-state index contributed by atoms with van der Waals surface area (Å²) in [4.78, 5) is 0.0166. The highest BCUT2D eigenvalue weighted by molar-refractivity contribution is 7.92. The number of nitrogens with zero attached hydrogens (tertiary/aromatic N) is 4. The zero-order valence-electron chi connectivity index (χ0n) is 12.7. The first-order valence-corrected chi connectivity index (χ1v) is 8.38. The Bertz CT molecular complexity index is 986. The van der Waals surface area contributed by atoms with Crippen LogP contribution in [0.2, 0.25) is 0 Å². The van der Waals surface area contributed by atoms with Crippen molar-refractivity contribution >= 4 is 15.7 Å². The van der Waals surface area contributed by atoms with Gasteiger partial charge >= 0.3 is 0 Å². The van der Waals surface area contributed by atoms with Gasteiger partial charge in [0.15, 0.2) is 0 Å². The first kappa shape index (κ1) is 15.8. The van der Waals surface area contributed by atoms with Crippen LogP contribution in [0, 0.1) is 18.3 Å². The quantitative estimate of drug-likeness (QED) is 0.757. The van der Waals surface area contributed by atoms with Crippen LogP contribution >= 0.6 is 0 Å². The van der Waals surface area contributed by atoms with Crippen molar-refractivity contribution in [1.29, 1.82) is 5.26 Å². The highest BCUT2D eigenvalue weighted by Gasteiger charge is 2.27. The van der Waals surface area contributed by atoms with Gasteiger partial charge < -0.3 is 4.52 Å². The first-order chi connectivity index (χ1) is 11.5. The monoisotopic (exact) mass is 343 g/mol. The van der Waals surface area contributed by atoms with E-state index in [4.69, 9.17) is 9.78 Å². The summed E-state index contributed by atoms with van der Waals surface area (Å²) < 4.78 is 32.2. The van der Waals surface area contributed by atoms with Gasteiger partial charge in [0, 0.05) is 12.3 Å². The Labute approximate surface area is 138 Å². The van der Waals surface area contributed by atoms with Crippen molar-refractivity contribution in [2.24, 2.45) is 0 Å². The maximum atomic E-state index is 13.0. The summed E-state index contributed by atoms with van der Waals surface area (Å²) in [6.45, 7) is 1.71. The summed E-state index contributed by atoms with van der Waals surface area (Å²) in [7, 11) is -3.91. The Morgan fingerprint density at radius 2 is 2.21 bits per heavy atom. The Kier molecular flexibility index (Phi) is 4.05. The number of aryl methyl sites for hydroxylation is 1. The second kappa shape index (κ2) is 6.17. The lowest BCUT2D eigenvalue weighted by Crippen LogP contribution is -2.30. The Balaban J connectivity index is 2.05. The van der Waals surface area contributed by atoms with Crippen molar-refractivity contribution in [2.75, 3.05) is 4.31 Å². The molecule has 1 aromatic carbocycles. The fraction of sp³-hybridized carbons (Fsp3) is 0.133. The minimum atomic E-state index is -3.91. The molecule has 24 heavy (non-hydrogen) atoms. The fourth-order valence-corrected chi connectivity index (χ4v) is 3.65. The topological polar surface area (TPSA) is 116 Å². The molecule has 0 bridgehead atoms. The molecule has 0 aliphatic carbocycles. The predicted octanol–water partition coefficient (Wildman–Crippen LogP) is 1.97. The molecule has 0 atom stereocenters. The van der Waals surface area contributed by atoms with Crippen LogP contribution in [-0.4, -0.2) is 23.8 Å². The van der Waals surface area contributed by atoms with Crippen LogP contribution in [0.1, 0.15) is 17.0 Å². The molecule has 0 aliphatic heterocycles. The molecule has 9 heteroatoms. The maximum Gasteiger partial charge on any atom is 0.264 e. The number of nitriles is 1. The van der Waals surface area contributed by atoms with Crippen molar-refractivity contribution in [3.63, 3.8) is 0 Å². The highest BCUT2D eigenvalue weighted by atomic mass is 32.2. The zero-order chi connectivity index (χ0) is 17.2. The van der Waals surface area contributed by atoms with Gasteiger partial charge in [0.1, 0.15) is 11.5 Å². The average Bonchev–Trinajstić information content (AvgIpc) is 3.24. The van der Waals surface area contributed by atoms with Crippen LogP contribution < -0.4 is 4.31 Å². The Hall–Kier alpha value is -3.12. The van der Waals surface area contributed by atoms with Gasteiger partial charge in [0.25, 0.3) is 10.0 Å². The second-order valence-electron chi connectivity index (χ2n) is 5.04. The van der Waals surface area contributed by atoms with Crippen molar-refractivity contribution in [2.45, 2.75) is 18.4 Å². The molecule has 3 rings (SSSR count). The van der Waals surface area contributed by atoms with Crippen LogP contribution in [0.25, 0.3) is 0 Å². The minimum absolute atomic E-state index is 0.0166. The fourth-order valence-electron chi connectivity index (χ4n) is 2.19. The van der Waals surface area contributed by atoms with Gasteiger partial charge in [0.05, 0.1) is 35.0 Å². The molecule has 0 fully saturated rings. The largest absolute Gasteiger partial charge is 0.361 e. The number of nitrogens with one attached hydrogen (secondary N) is 1. The Morgan fingerprint density at radius 1 is 1.38 bits per heavy atom. The van der Waals surface area contributed by atoms with E-state index in [1.165, 1.54) is 30.6 Å². The lowest BCUT2D eigenvalue weighted by molar-refractivity contribution is 0.391. The molecule has 0 saturated carbocycles. The highest BCUT2D eigenvalue weighted by Crippen LogP contribution is 2.25. The minimum Gasteiger partial charge on any atom is -0.361 e. The smallest absolute Gasteiger partial charge is 0.264 e. The number of sulfonamides is 1. The number of H-pyrrole nitrogens is 1. The Morgan fingerprint density at radius 3 is 2.83 bits per heavy atom. The second-order valence-corrected chi connectivity index (χ2v) is 6.90. The molecule has 2 aromatic heterocycles. The summed E-state index contributed by atoms with van der Waals surface area (Å²) in [6.07, 6.45) is 2.87. The van der Waals surface area contributed by atoms with E-state index in [-0.39, 0.29) is 17.0 Å². The van der Waals surface area contributed by atoms with Crippen LogP contribution in [0.3, 0.4) is 0 Å². The number of hydrogen-bond acceptors (Lipinski definition) is 6. The van der Waals surface area contributed by atoms with Crippen LogP contribution in [0.15, 0.2) is 52.1 Å². The van der Waals surface area contributed by atoms with Crippen molar-refractivity contribution < 1.29 is 12.9 Å². The van der Waals surface area contributed by atoms with E-state index in [1.807, 2.05) is 6.07 Å². The van der Waals surface area contributed by atoms with Crippen molar-refractivity contribution in [1.82, 2.24) is 15.4 Å². The molecule has 0 amide bonds. The number of anilines is 1. The molecule has 0 unspecified atom stereocenters. The molecule has 0 aliphatic rings. The standard InChI is InChI=1S/C15H13N5O3S/c1-11-5-13(19-23-11)10-20(14-8-17-18-9-14)24(21,22)15-4-2-3-12(6-15)7-16/h2-6,8-9H,10H2,1H3,(H,17,18). The number of benzene rings is 1. The van der Waals surface area contributed by atoms with Gasteiger partial charge in [-0.15, -0.1) is 0 Å². The molecule has 8 nitrogen and oxygen atoms in total. The maximum absolute atomic E-state index is 13.0. The molecular formula is C15H13N5O3S. The number of aromatic amines is 1. The number of hydrogen-bond donors (Lipinski definition) is 1. The van der Waals surface area contributed by atoms with Gasteiger partial charge in [-0.2, -0.15) is 10.4 Å². The summed E-state index contributed by atoms with van der Waals surface area (Å²) in [5.41, 5.74) is 1.09. The molecule has 0 spiro atoms. The van der Waals surface area contributed by atoms with Crippen LogP contribution in [0.4, 0.5) is 5.69 Å².